The number of para-hydroxylation sites is 1. The maximum atomic E-state index is 10.6. The Morgan fingerprint density at radius 2 is 1.63 bits per heavy atom. The van der Waals surface area contributed by atoms with E-state index in [4.69, 9.17) is 9.29 Å². The summed E-state index contributed by atoms with van der Waals surface area (Å²) in [6, 6.07) is 16.1. The Morgan fingerprint density at radius 1 is 0.947 bits per heavy atom. The highest BCUT2D eigenvalue weighted by Gasteiger charge is 1.99. The first kappa shape index (κ1) is 13.3. The Balaban J connectivity index is 2.18. The van der Waals surface area contributed by atoms with Crippen molar-refractivity contribution < 1.29 is 17.7 Å². The lowest BCUT2D eigenvalue weighted by Gasteiger charge is -2.05. The van der Waals surface area contributed by atoms with Gasteiger partial charge < -0.3 is 4.74 Å². The molecule has 0 saturated heterocycles. The maximum Gasteiger partial charge on any atom is 0.287 e. The van der Waals surface area contributed by atoms with Crippen LogP contribution in [0.3, 0.4) is 0 Å². The van der Waals surface area contributed by atoms with Gasteiger partial charge in [-0.1, -0.05) is 30.3 Å². The average Bonchev–Trinajstić information content (AvgIpc) is 2.37. The molecule has 0 aromatic heterocycles. The molecular formula is C14H12O4S. The van der Waals surface area contributed by atoms with Crippen LogP contribution in [0.25, 0.3) is 6.08 Å². The highest BCUT2D eigenvalue weighted by atomic mass is 32.2. The van der Waals surface area contributed by atoms with Crippen LogP contribution in [-0.2, 0) is 10.1 Å². The minimum absolute atomic E-state index is 0.587. The third-order valence-electron chi connectivity index (χ3n) is 2.27. The van der Waals surface area contributed by atoms with Crippen molar-refractivity contribution in [2.75, 3.05) is 0 Å². The van der Waals surface area contributed by atoms with Crippen molar-refractivity contribution >= 4 is 16.2 Å². The summed E-state index contributed by atoms with van der Waals surface area (Å²) in [5.74, 6) is 1.28. The summed E-state index contributed by atoms with van der Waals surface area (Å²) in [5.41, 5.74) is 0.617. The molecule has 0 heterocycles. The van der Waals surface area contributed by atoms with Gasteiger partial charge in [-0.15, -0.1) is 0 Å². The molecule has 0 spiro atoms. The molecule has 0 fully saturated rings. The number of hydrogen-bond donors (Lipinski definition) is 1. The predicted octanol–water partition coefficient (Wildman–Crippen LogP) is 3.34. The fourth-order valence-corrected chi connectivity index (χ4v) is 1.80. The van der Waals surface area contributed by atoms with Crippen LogP contribution >= 0.6 is 0 Å². The topological polar surface area (TPSA) is 63.6 Å². The Morgan fingerprint density at radius 3 is 2.32 bits per heavy atom. The molecule has 4 nitrogen and oxygen atoms in total. The first-order valence-electron chi connectivity index (χ1n) is 5.51. The molecular weight excluding hydrogens is 264 g/mol. The van der Waals surface area contributed by atoms with Gasteiger partial charge in [0.25, 0.3) is 10.1 Å². The molecule has 0 aliphatic heterocycles. The molecule has 0 aliphatic rings. The first-order valence-corrected chi connectivity index (χ1v) is 7.02. The molecule has 2 aromatic carbocycles. The molecule has 2 aromatic rings. The maximum absolute atomic E-state index is 10.6. The lowest BCUT2D eigenvalue weighted by Crippen LogP contribution is -1.89. The fraction of sp³-hybridized carbons (Fsp3) is 0. The zero-order valence-corrected chi connectivity index (χ0v) is 10.7. The summed E-state index contributed by atoms with van der Waals surface area (Å²) in [6.45, 7) is 0. The zero-order valence-electron chi connectivity index (χ0n) is 9.93. The fourth-order valence-electron chi connectivity index (χ4n) is 1.47. The van der Waals surface area contributed by atoms with E-state index in [-0.39, 0.29) is 0 Å². The van der Waals surface area contributed by atoms with Gasteiger partial charge in [-0.25, -0.2) is 0 Å². The summed E-state index contributed by atoms with van der Waals surface area (Å²) < 4.78 is 35.5. The van der Waals surface area contributed by atoms with Crippen LogP contribution < -0.4 is 4.74 Å². The molecule has 0 aliphatic carbocycles. The second-order valence-electron chi connectivity index (χ2n) is 3.81. The zero-order chi connectivity index (χ0) is 13.7. The van der Waals surface area contributed by atoms with E-state index in [2.05, 4.69) is 0 Å². The van der Waals surface area contributed by atoms with Crippen molar-refractivity contribution in [3.8, 4) is 11.5 Å². The normalized spacial score (nSPS) is 11.6. The van der Waals surface area contributed by atoms with E-state index in [1.165, 1.54) is 6.08 Å². The first-order chi connectivity index (χ1) is 9.03. The van der Waals surface area contributed by atoms with E-state index in [1.807, 2.05) is 30.3 Å². The molecule has 0 saturated carbocycles. The molecule has 0 atom stereocenters. The van der Waals surface area contributed by atoms with Crippen molar-refractivity contribution in [2.24, 2.45) is 0 Å². The van der Waals surface area contributed by atoms with Crippen molar-refractivity contribution in [2.45, 2.75) is 0 Å². The van der Waals surface area contributed by atoms with E-state index in [1.54, 1.807) is 24.3 Å². The predicted molar refractivity (Wildman–Crippen MR) is 73.5 cm³/mol. The molecule has 5 heteroatoms. The number of ether oxygens (including phenoxy) is 1. The molecule has 2 rings (SSSR count). The lowest BCUT2D eigenvalue weighted by molar-refractivity contribution is 0.482. The summed E-state index contributed by atoms with van der Waals surface area (Å²) >= 11 is 0. The minimum atomic E-state index is -4.12. The summed E-state index contributed by atoms with van der Waals surface area (Å²) in [4.78, 5) is 0. The lowest BCUT2D eigenvalue weighted by atomic mass is 10.2. The van der Waals surface area contributed by atoms with Crippen LogP contribution in [0.1, 0.15) is 5.56 Å². The molecule has 0 bridgehead atoms. The van der Waals surface area contributed by atoms with Gasteiger partial charge >= 0.3 is 0 Å². The largest absolute Gasteiger partial charge is 0.457 e. The van der Waals surface area contributed by atoms with Crippen LogP contribution in [0.4, 0.5) is 0 Å². The Bertz CT molecular complexity index is 676. The smallest absolute Gasteiger partial charge is 0.287 e. The van der Waals surface area contributed by atoms with Crippen molar-refractivity contribution in [3.63, 3.8) is 0 Å². The number of rotatable bonds is 4. The molecule has 19 heavy (non-hydrogen) atoms. The van der Waals surface area contributed by atoms with Crippen LogP contribution in [0, 0.1) is 0 Å². The van der Waals surface area contributed by atoms with E-state index < -0.39 is 10.1 Å². The standard InChI is InChI=1S/C14H12O4S/c15-19(16,17)10-9-12-5-4-8-14(11-12)18-13-6-2-1-3-7-13/h1-11H,(H,15,16,17)/b10-9+. The summed E-state index contributed by atoms with van der Waals surface area (Å²) in [7, 11) is -4.12. The van der Waals surface area contributed by atoms with Gasteiger partial charge in [0.2, 0.25) is 0 Å². The van der Waals surface area contributed by atoms with E-state index in [0.29, 0.717) is 17.1 Å². The SMILES string of the molecule is O=S(=O)(O)/C=C/c1cccc(Oc2ccccc2)c1. The van der Waals surface area contributed by atoms with E-state index >= 15 is 0 Å². The quantitative estimate of drug-likeness (QED) is 0.870. The Kier molecular flexibility index (Phi) is 3.99. The van der Waals surface area contributed by atoms with E-state index in [0.717, 1.165) is 5.41 Å². The van der Waals surface area contributed by atoms with E-state index in [9.17, 15) is 8.42 Å². The van der Waals surface area contributed by atoms with Gasteiger partial charge in [-0.05, 0) is 35.9 Å². The molecule has 0 radical (unpaired) electrons. The molecule has 98 valence electrons. The van der Waals surface area contributed by atoms with Crippen molar-refractivity contribution in [1.82, 2.24) is 0 Å². The van der Waals surface area contributed by atoms with Crippen LogP contribution in [0.5, 0.6) is 11.5 Å². The highest BCUT2D eigenvalue weighted by molar-refractivity contribution is 7.88. The van der Waals surface area contributed by atoms with Crippen LogP contribution in [0.2, 0.25) is 0 Å². The molecule has 0 amide bonds. The second-order valence-corrected chi connectivity index (χ2v) is 5.11. The van der Waals surface area contributed by atoms with Crippen LogP contribution in [0.15, 0.2) is 60.0 Å². The molecule has 0 unspecified atom stereocenters. The van der Waals surface area contributed by atoms with Crippen molar-refractivity contribution in [1.29, 1.82) is 0 Å². The van der Waals surface area contributed by atoms with Gasteiger partial charge in [0.15, 0.2) is 0 Å². The molecule has 1 N–H and O–H groups in total. The van der Waals surface area contributed by atoms with Crippen molar-refractivity contribution in [3.05, 3.63) is 65.6 Å². The Hall–Kier alpha value is -2.11. The van der Waals surface area contributed by atoms with Gasteiger partial charge in [-0.2, -0.15) is 8.42 Å². The average molecular weight is 276 g/mol. The minimum Gasteiger partial charge on any atom is -0.457 e. The summed E-state index contributed by atoms with van der Waals surface area (Å²) in [6.07, 6.45) is 1.30. The number of benzene rings is 2. The van der Waals surface area contributed by atoms with Gasteiger partial charge in [0, 0.05) is 0 Å². The third kappa shape index (κ3) is 4.57. The van der Waals surface area contributed by atoms with Gasteiger partial charge in [0.1, 0.15) is 11.5 Å². The number of hydrogen-bond acceptors (Lipinski definition) is 3. The van der Waals surface area contributed by atoms with Gasteiger partial charge in [0.05, 0.1) is 5.41 Å². The van der Waals surface area contributed by atoms with Crippen LogP contribution in [-0.4, -0.2) is 13.0 Å². The third-order valence-corrected chi connectivity index (χ3v) is 2.75. The van der Waals surface area contributed by atoms with Gasteiger partial charge in [-0.3, -0.25) is 4.55 Å². The monoisotopic (exact) mass is 276 g/mol. The second kappa shape index (κ2) is 5.69. The highest BCUT2D eigenvalue weighted by Crippen LogP contribution is 2.22. The summed E-state index contributed by atoms with van der Waals surface area (Å²) in [5, 5.41) is 0.731. The Labute approximate surface area is 111 Å².